The third-order valence-corrected chi connectivity index (χ3v) is 5.21. The van der Waals surface area contributed by atoms with E-state index in [4.69, 9.17) is 0 Å². The number of benzene rings is 1. The molecular formula is C18H26N2O. The highest BCUT2D eigenvalue weighted by Crippen LogP contribution is 2.36. The van der Waals surface area contributed by atoms with E-state index in [1.54, 1.807) is 0 Å². The van der Waals surface area contributed by atoms with Crippen molar-refractivity contribution in [2.24, 2.45) is 5.41 Å². The molecule has 0 bridgehead atoms. The standard InChI is InChI=1S/C18H26N2O/c1-18(2)10-6-5-9-16(18)20-17(21)11-13-12-19-15-8-4-3-7-14(13)15/h3-4,7-8,13,16,19H,5-6,9-12H2,1-2H3,(H,20,21). The summed E-state index contributed by atoms with van der Waals surface area (Å²) < 4.78 is 0. The van der Waals surface area contributed by atoms with Gasteiger partial charge in [-0.2, -0.15) is 0 Å². The zero-order chi connectivity index (χ0) is 14.9. The van der Waals surface area contributed by atoms with Crippen molar-refractivity contribution in [1.82, 2.24) is 5.32 Å². The van der Waals surface area contributed by atoms with E-state index in [9.17, 15) is 4.79 Å². The molecule has 1 aromatic carbocycles. The Morgan fingerprint density at radius 1 is 1.33 bits per heavy atom. The van der Waals surface area contributed by atoms with Crippen LogP contribution in [0.4, 0.5) is 5.69 Å². The molecule has 2 unspecified atom stereocenters. The lowest BCUT2D eigenvalue weighted by molar-refractivity contribution is -0.123. The second kappa shape index (κ2) is 5.70. The average Bonchev–Trinajstić information content (AvgIpc) is 2.85. The predicted molar refractivity (Wildman–Crippen MR) is 86.5 cm³/mol. The van der Waals surface area contributed by atoms with E-state index >= 15 is 0 Å². The molecular weight excluding hydrogens is 260 g/mol. The number of nitrogens with one attached hydrogen (secondary N) is 2. The number of rotatable bonds is 3. The molecule has 21 heavy (non-hydrogen) atoms. The maximum Gasteiger partial charge on any atom is 0.220 e. The molecule has 3 nitrogen and oxygen atoms in total. The molecule has 1 heterocycles. The van der Waals surface area contributed by atoms with Gasteiger partial charge in [-0.1, -0.05) is 44.9 Å². The predicted octanol–water partition coefficient (Wildman–Crippen LogP) is 3.67. The van der Waals surface area contributed by atoms with Gasteiger partial charge in [0, 0.05) is 30.6 Å². The maximum atomic E-state index is 12.4. The molecule has 114 valence electrons. The van der Waals surface area contributed by atoms with Crippen LogP contribution in [0.3, 0.4) is 0 Å². The number of amides is 1. The Balaban J connectivity index is 1.60. The molecule has 0 spiro atoms. The normalized spacial score (nSPS) is 26.8. The summed E-state index contributed by atoms with van der Waals surface area (Å²) in [6, 6.07) is 8.66. The van der Waals surface area contributed by atoms with Crippen molar-refractivity contribution in [3.8, 4) is 0 Å². The summed E-state index contributed by atoms with van der Waals surface area (Å²) in [6.45, 7) is 5.44. The van der Waals surface area contributed by atoms with E-state index in [0.717, 1.165) is 13.0 Å². The van der Waals surface area contributed by atoms with E-state index in [0.29, 0.717) is 18.4 Å². The zero-order valence-corrected chi connectivity index (χ0v) is 13.1. The highest BCUT2D eigenvalue weighted by molar-refractivity contribution is 5.78. The Hall–Kier alpha value is -1.51. The molecule has 2 aliphatic rings. The van der Waals surface area contributed by atoms with Gasteiger partial charge in [-0.25, -0.2) is 0 Å². The molecule has 1 amide bonds. The first-order valence-electron chi connectivity index (χ1n) is 8.18. The topological polar surface area (TPSA) is 41.1 Å². The number of carbonyl (C=O) groups is 1. The van der Waals surface area contributed by atoms with Crippen LogP contribution in [0.1, 0.15) is 57.4 Å². The van der Waals surface area contributed by atoms with Gasteiger partial charge in [0.2, 0.25) is 5.91 Å². The highest BCUT2D eigenvalue weighted by Gasteiger charge is 2.34. The van der Waals surface area contributed by atoms with Crippen LogP contribution in [0.2, 0.25) is 0 Å². The molecule has 1 aliphatic heterocycles. The lowest BCUT2D eigenvalue weighted by Gasteiger charge is -2.39. The van der Waals surface area contributed by atoms with Crippen LogP contribution in [0.25, 0.3) is 0 Å². The molecule has 1 aromatic rings. The van der Waals surface area contributed by atoms with E-state index < -0.39 is 0 Å². The van der Waals surface area contributed by atoms with Gasteiger partial charge < -0.3 is 10.6 Å². The Labute approximate surface area is 127 Å². The Morgan fingerprint density at radius 2 is 2.14 bits per heavy atom. The van der Waals surface area contributed by atoms with Crippen molar-refractivity contribution in [2.45, 2.75) is 57.9 Å². The van der Waals surface area contributed by atoms with Crippen LogP contribution in [-0.2, 0) is 4.79 Å². The number of hydrogen-bond acceptors (Lipinski definition) is 2. The van der Waals surface area contributed by atoms with Crippen LogP contribution in [0, 0.1) is 5.41 Å². The Bertz CT molecular complexity index is 524. The van der Waals surface area contributed by atoms with Crippen molar-refractivity contribution >= 4 is 11.6 Å². The monoisotopic (exact) mass is 286 g/mol. The van der Waals surface area contributed by atoms with E-state index in [1.165, 1.54) is 30.5 Å². The number of para-hydroxylation sites is 1. The second-order valence-electron chi connectivity index (χ2n) is 7.22. The van der Waals surface area contributed by atoms with Crippen molar-refractivity contribution < 1.29 is 4.79 Å². The molecule has 0 aromatic heterocycles. The van der Waals surface area contributed by atoms with Crippen LogP contribution in [0.5, 0.6) is 0 Å². The summed E-state index contributed by atoms with van der Waals surface area (Å²) in [5.41, 5.74) is 2.71. The minimum atomic E-state index is 0.207. The van der Waals surface area contributed by atoms with E-state index in [2.05, 4.69) is 42.7 Å². The largest absolute Gasteiger partial charge is 0.384 e. The quantitative estimate of drug-likeness (QED) is 0.890. The average molecular weight is 286 g/mol. The lowest BCUT2D eigenvalue weighted by Crippen LogP contribution is -2.47. The van der Waals surface area contributed by atoms with Crippen LogP contribution in [0.15, 0.2) is 24.3 Å². The number of fused-ring (bicyclic) bond motifs is 1. The highest BCUT2D eigenvalue weighted by atomic mass is 16.1. The maximum absolute atomic E-state index is 12.4. The second-order valence-corrected chi connectivity index (χ2v) is 7.22. The van der Waals surface area contributed by atoms with Gasteiger partial charge >= 0.3 is 0 Å². The molecule has 1 aliphatic carbocycles. The number of anilines is 1. The summed E-state index contributed by atoms with van der Waals surface area (Å²) in [6.07, 6.45) is 5.46. The fourth-order valence-corrected chi connectivity index (χ4v) is 3.78. The molecule has 0 saturated heterocycles. The number of hydrogen-bond donors (Lipinski definition) is 2. The third kappa shape index (κ3) is 3.07. The minimum Gasteiger partial charge on any atom is -0.384 e. The minimum absolute atomic E-state index is 0.207. The van der Waals surface area contributed by atoms with E-state index in [-0.39, 0.29) is 11.3 Å². The fourth-order valence-electron chi connectivity index (χ4n) is 3.78. The zero-order valence-electron chi connectivity index (χ0n) is 13.1. The number of carbonyl (C=O) groups excluding carboxylic acids is 1. The van der Waals surface area contributed by atoms with Crippen LogP contribution < -0.4 is 10.6 Å². The SMILES string of the molecule is CC1(C)CCCCC1NC(=O)CC1CNc2ccccc21. The first-order chi connectivity index (χ1) is 10.1. The summed E-state index contributed by atoms with van der Waals surface area (Å²) in [5, 5.41) is 6.70. The van der Waals surface area contributed by atoms with Gasteiger partial charge in [0.25, 0.3) is 0 Å². The molecule has 2 N–H and O–H groups in total. The first kappa shape index (κ1) is 14.4. The first-order valence-corrected chi connectivity index (χ1v) is 8.18. The van der Waals surface area contributed by atoms with Crippen molar-refractivity contribution in [3.05, 3.63) is 29.8 Å². The van der Waals surface area contributed by atoms with Crippen molar-refractivity contribution in [3.63, 3.8) is 0 Å². The van der Waals surface area contributed by atoms with Gasteiger partial charge in [0.05, 0.1) is 0 Å². The summed E-state index contributed by atoms with van der Waals surface area (Å²) in [7, 11) is 0. The molecule has 1 fully saturated rings. The molecule has 2 atom stereocenters. The summed E-state index contributed by atoms with van der Waals surface area (Å²) in [5.74, 6) is 0.520. The van der Waals surface area contributed by atoms with Gasteiger partial charge in [-0.3, -0.25) is 4.79 Å². The van der Waals surface area contributed by atoms with Crippen molar-refractivity contribution in [2.75, 3.05) is 11.9 Å². The van der Waals surface area contributed by atoms with Crippen LogP contribution >= 0.6 is 0 Å². The van der Waals surface area contributed by atoms with Crippen LogP contribution in [-0.4, -0.2) is 18.5 Å². The Kier molecular flexibility index (Phi) is 3.92. The smallest absolute Gasteiger partial charge is 0.220 e. The lowest BCUT2D eigenvalue weighted by atomic mass is 9.73. The summed E-state index contributed by atoms with van der Waals surface area (Å²) >= 11 is 0. The molecule has 3 rings (SSSR count). The van der Waals surface area contributed by atoms with Gasteiger partial charge in [0.1, 0.15) is 0 Å². The van der Waals surface area contributed by atoms with E-state index in [1.807, 2.05) is 6.07 Å². The summed E-state index contributed by atoms with van der Waals surface area (Å²) in [4.78, 5) is 12.4. The van der Waals surface area contributed by atoms with Gasteiger partial charge in [0.15, 0.2) is 0 Å². The molecule has 0 radical (unpaired) electrons. The fraction of sp³-hybridized carbons (Fsp3) is 0.611. The molecule has 1 saturated carbocycles. The van der Waals surface area contributed by atoms with Crippen molar-refractivity contribution in [1.29, 1.82) is 0 Å². The van der Waals surface area contributed by atoms with Gasteiger partial charge in [-0.05, 0) is 29.9 Å². The Morgan fingerprint density at radius 3 is 2.95 bits per heavy atom. The third-order valence-electron chi connectivity index (χ3n) is 5.21. The van der Waals surface area contributed by atoms with Gasteiger partial charge in [-0.15, -0.1) is 0 Å². The molecule has 3 heteroatoms.